The molecule has 2 aromatic rings. The molecule has 0 saturated carbocycles. The number of hydrogen-bond donors (Lipinski definition) is 1. The van der Waals surface area contributed by atoms with Crippen LogP contribution >= 0.6 is 0 Å². The average Bonchev–Trinajstić information content (AvgIpc) is 2.58. The smallest absolute Gasteiger partial charge is 0.310 e. The number of aryl methyl sites for hydroxylation is 2. The first-order valence-electron chi connectivity index (χ1n) is 8.21. The Morgan fingerprint density at radius 1 is 1.08 bits per heavy atom. The summed E-state index contributed by atoms with van der Waals surface area (Å²) in [6.07, 6.45) is -0.791. The fourth-order valence-electron chi connectivity index (χ4n) is 2.27. The number of ether oxygens (including phenoxy) is 2. The fourth-order valence-corrected chi connectivity index (χ4v) is 2.27. The number of amides is 1. The minimum atomic E-state index is -0.870. The van der Waals surface area contributed by atoms with Crippen molar-refractivity contribution in [2.24, 2.45) is 0 Å². The molecule has 0 spiro atoms. The van der Waals surface area contributed by atoms with Gasteiger partial charge in [0.25, 0.3) is 5.91 Å². The second kappa shape index (κ2) is 8.87. The van der Waals surface area contributed by atoms with Gasteiger partial charge in [-0.3, -0.25) is 9.59 Å². The number of para-hydroxylation sites is 1. The van der Waals surface area contributed by atoms with Crippen molar-refractivity contribution in [3.8, 4) is 5.75 Å². The lowest BCUT2D eigenvalue weighted by atomic mass is 10.1. The minimum Gasteiger partial charge on any atom is -0.493 e. The maximum absolute atomic E-state index is 12.2. The Hall–Kier alpha value is -2.82. The number of carbonyl (C=O) groups is 2. The Morgan fingerprint density at radius 2 is 1.80 bits per heavy atom. The van der Waals surface area contributed by atoms with Crippen LogP contribution in [0.3, 0.4) is 0 Å². The molecule has 25 heavy (non-hydrogen) atoms. The molecule has 0 fully saturated rings. The van der Waals surface area contributed by atoms with E-state index >= 15 is 0 Å². The maximum Gasteiger partial charge on any atom is 0.310 e. The van der Waals surface area contributed by atoms with Crippen molar-refractivity contribution in [2.75, 3.05) is 11.9 Å². The van der Waals surface area contributed by atoms with Crippen LogP contribution < -0.4 is 10.1 Å². The third kappa shape index (κ3) is 5.95. The summed E-state index contributed by atoms with van der Waals surface area (Å²) in [5.41, 5.74) is 2.79. The van der Waals surface area contributed by atoms with Gasteiger partial charge in [-0.2, -0.15) is 0 Å². The number of benzene rings is 2. The van der Waals surface area contributed by atoms with E-state index in [0.717, 1.165) is 11.1 Å². The molecule has 132 valence electrons. The van der Waals surface area contributed by atoms with Crippen molar-refractivity contribution in [1.82, 2.24) is 0 Å². The Bertz CT molecular complexity index is 728. The summed E-state index contributed by atoms with van der Waals surface area (Å²) < 4.78 is 10.6. The average molecular weight is 341 g/mol. The molecule has 0 aliphatic rings. The first kappa shape index (κ1) is 18.5. The van der Waals surface area contributed by atoms with Crippen molar-refractivity contribution in [1.29, 1.82) is 0 Å². The first-order chi connectivity index (χ1) is 12.0. The largest absolute Gasteiger partial charge is 0.493 e. The number of hydrogen-bond acceptors (Lipinski definition) is 4. The van der Waals surface area contributed by atoms with E-state index in [2.05, 4.69) is 5.32 Å². The lowest BCUT2D eigenvalue weighted by Gasteiger charge is -2.15. The van der Waals surface area contributed by atoms with Crippen molar-refractivity contribution in [3.63, 3.8) is 0 Å². The van der Waals surface area contributed by atoms with Gasteiger partial charge in [0.05, 0.1) is 13.0 Å². The van der Waals surface area contributed by atoms with Gasteiger partial charge in [0.1, 0.15) is 5.75 Å². The molecule has 5 nitrogen and oxygen atoms in total. The van der Waals surface area contributed by atoms with Gasteiger partial charge in [0.2, 0.25) is 0 Å². The zero-order valence-corrected chi connectivity index (χ0v) is 14.7. The van der Waals surface area contributed by atoms with E-state index in [0.29, 0.717) is 11.4 Å². The number of carbonyl (C=O) groups excluding carboxylic acids is 2. The van der Waals surface area contributed by atoms with E-state index in [-0.39, 0.29) is 18.9 Å². The van der Waals surface area contributed by atoms with Gasteiger partial charge in [0.15, 0.2) is 6.10 Å². The van der Waals surface area contributed by atoms with Gasteiger partial charge in [-0.05, 0) is 44.5 Å². The predicted molar refractivity (Wildman–Crippen MR) is 96.7 cm³/mol. The summed E-state index contributed by atoms with van der Waals surface area (Å²) in [5.74, 6) is -0.139. The third-order valence-corrected chi connectivity index (χ3v) is 3.64. The molecule has 2 aromatic carbocycles. The Morgan fingerprint density at radius 3 is 2.48 bits per heavy atom. The molecule has 0 saturated heterocycles. The number of esters is 1. The van der Waals surface area contributed by atoms with Crippen LogP contribution in [0.2, 0.25) is 0 Å². The number of anilines is 1. The van der Waals surface area contributed by atoms with E-state index in [9.17, 15) is 9.59 Å². The molecule has 5 heteroatoms. The van der Waals surface area contributed by atoms with E-state index < -0.39 is 12.1 Å². The first-order valence-corrected chi connectivity index (χ1v) is 8.21. The molecule has 0 unspecified atom stereocenters. The summed E-state index contributed by atoms with van der Waals surface area (Å²) >= 11 is 0. The van der Waals surface area contributed by atoms with Gasteiger partial charge >= 0.3 is 5.97 Å². The lowest BCUT2D eigenvalue weighted by Crippen LogP contribution is -2.30. The van der Waals surface area contributed by atoms with Crippen LogP contribution in [0.15, 0.2) is 48.5 Å². The quantitative estimate of drug-likeness (QED) is 0.781. The van der Waals surface area contributed by atoms with Crippen LogP contribution in [0.1, 0.15) is 24.5 Å². The zero-order valence-electron chi connectivity index (χ0n) is 14.7. The third-order valence-electron chi connectivity index (χ3n) is 3.64. The van der Waals surface area contributed by atoms with Gasteiger partial charge in [0, 0.05) is 5.69 Å². The van der Waals surface area contributed by atoms with E-state index in [1.54, 1.807) is 6.92 Å². The SMILES string of the molecule is Cc1ccc(NC(=O)[C@H](C)OC(=O)CCOc2ccccc2)c(C)c1. The summed E-state index contributed by atoms with van der Waals surface area (Å²) in [6, 6.07) is 15.0. The topological polar surface area (TPSA) is 64.6 Å². The van der Waals surface area contributed by atoms with Crippen LogP contribution in [0.4, 0.5) is 5.69 Å². The maximum atomic E-state index is 12.2. The summed E-state index contributed by atoms with van der Waals surface area (Å²) in [5, 5.41) is 2.78. The molecule has 0 aromatic heterocycles. The number of nitrogens with one attached hydrogen (secondary N) is 1. The normalized spacial score (nSPS) is 11.5. The van der Waals surface area contributed by atoms with Crippen LogP contribution in [-0.4, -0.2) is 24.6 Å². The predicted octanol–water partition coefficient (Wildman–Crippen LogP) is 3.64. The molecule has 0 aliphatic heterocycles. The second-order valence-corrected chi connectivity index (χ2v) is 5.85. The highest BCUT2D eigenvalue weighted by molar-refractivity contribution is 5.95. The number of rotatable bonds is 7. The summed E-state index contributed by atoms with van der Waals surface area (Å²) in [4.78, 5) is 24.0. The van der Waals surface area contributed by atoms with E-state index in [1.165, 1.54) is 0 Å². The lowest BCUT2D eigenvalue weighted by molar-refractivity contribution is -0.153. The molecule has 1 N–H and O–H groups in total. The Labute approximate surface area is 148 Å². The van der Waals surface area contributed by atoms with E-state index in [4.69, 9.17) is 9.47 Å². The molecule has 0 heterocycles. The molecule has 0 bridgehead atoms. The minimum absolute atomic E-state index is 0.0794. The van der Waals surface area contributed by atoms with Crippen LogP contribution in [0.5, 0.6) is 5.75 Å². The van der Waals surface area contributed by atoms with Crippen molar-refractivity contribution in [2.45, 2.75) is 33.3 Å². The Kier molecular flexibility index (Phi) is 6.57. The molecule has 0 aliphatic carbocycles. The van der Waals surface area contributed by atoms with Gasteiger partial charge in [-0.15, -0.1) is 0 Å². The standard InChI is InChI=1S/C20H23NO4/c1-14-9-10-18(15(2)13-14)21-20(23)16(3)25-19(22)11-12-24-17-7-5-4-6-8-17/h4-10,13,16H,11-12H2,1-3H3,(H,21,23)/t16-/m0/s1. The highest BCUT2D eigenvalue weighted by atomic mass is 16.5. The zero-order chi connectivity index (χ0) is 18.2. The van der Waals surface area contributed by atoms with Gasteiger partial charge < -0.3 is 14.8 Å². The highest BCUT2D eigenvalue weighted by Gasteiger charge is 2.18. The highest BCUT2D eigenvalue weighted by Crippen LogP contribution is 2.16. The Balaban J connectivity index is 1.77. The molecule has 0 radical (unpaired) electrons. The summed E-state index contributed by atoms with van der Waals surface area (Å²) in [7, 11) is 0. The van der Waals surface area contributed by atoms with Crippen LogP contribution in [0.25, 0.3) is 0 Å². The van der Waals surface area contributed by atoms with Crippen molar-refractivity contribution < 1.29 is 19.1 Å². The van der Waals surface area contributed by atoms with Crippen molar-refractivity contribution in [3.05, 3.63) is 59.7 Å². The molecule has 1 atom stereocenters. The second-order valence-electron chi connectivity index (χ2n) is 5.85. The monoisotopic (exact) mass is 341 g/mol. The molecular weight excluding hydrogens is 318 g/mol. The van der Waals surface area contributed by atoms with E-state index in [1.807, 2.05) is 62.4 Å². The van der Waals surface area contributed by atoms with Gasteiger partial charge in [-0.25, -0.2) is 0 Å². The summed E-state index contributed by atoms with van der Waals surface area (Å²) in [6.45, 7) is 5.66. The fraction of sp³-hybridized carbons (Fsp3) is 0.300. The van der Waals surface area contributed by atoms with Crippen LogP contribution in [-0.2, 0) is 14.3 Å². The molecular formula is C20H23NO4. The van der Waals surface area contributed by atoms with Crippen molar-refractivity contribution >= 4 is 17.6 Å². The molecule has 1 amide bonds. The molecule has 2 rings (SSSR count). The van der Waals surface area contributed by atoms with Crippen LogP contribution in [0, 0.1) is 13.8 Å². The van der Waals surface area contributed by atoms with Gasteiger partial charge in [-0.1, -0.05) is 35.9 Å².